The van der Waals surface area contributed by atoms with E-state index in [2.05, 4.69) is 10.6 Å². The van der Waals surface area contributed by atoms with Gasteiger partial charge in [-0.25, -0.2) is 0 Å². The van der Waals surface area contributed by atoms with Crippen LogP contribution in [0.5, 0.6) is 0 Å². The predicted octanol–water partition coefficient (Wildman–Crippen LogP) is 1.43. The Morgan fingerprint density at radius 3 is 2.86 bits per heavy atom. The second-order valence-electron chi connectivity index (χ2n) is 4.41. The SMILES string of the molecule is CC(C)NC(=O)CCC1CCCCN1. The quantitative estimate of drug-likeness (QED) is 0.717. The molecule has 0 aromatic carbocycles. The van der Waals surface area contributed by atoms with Gasteiger partial charge < -0.3 is 10.6 Å². The van der Waals surface area contributed by atoms with E-state index in [4.69, 9.17) is 0 Å². The zero-order valence-corrected chi connectivity index (χ0v) is 9.31. The standard InChI is InChI=1S/C11H22N2O/c1-9(2)13-11(14)7-6-10-5-3-4-8-12-10/h9-10,12H,3-8H2,1-2H3,(H,13,14). The van der Waals surface area contributed by atoms with Crippen molar-refractivity contribution in [1.29, 1.82) is 0 Å². The fraction of sp³-hybridized carbons (Fsp3) is 0.909. The van der Waals surface area contributed by atoms with Gasteiger partial charge in [-0.2, -0.15) is 0 Å². The number of carbonyl (C=O) groups is 1. The lowest BCUT2D eigenvalue weighted by Gasteiger charge is -2.23. The van der Waals surface area contributed by atoms with Gasteiger partial charge >= 0.3 is 0 Å². The summed E-state index contributed by atoms with van der Waals surface area (Å²) in [6.45, 7) is 5.12. The van der Waals surface area contributed by atoms with Crippen LogP contribution in [-0.4, -0.2) is 24.5 Å². The number of carbonyl (C=O) groups excluding carboxylic acids is 1. The molecule has 0 saturated carbocycles. The Kier molecular flexibility index (Phi) is 4.94. The highest BCUT2D eigenvalue weighted by atomic mass is 16.1. The first-order valence-electron chi connectivity index (χ1n) is 5.71. The normalized spacial score (nSPS) is 22.4. The first-order valence-corrected chi connectivity index (χ1v) is 5.71. The molecule has 1 saturated heterocycles. The molecular formula is C11H22N2O. The van der Waals surface area contributed by atoms with E-state index >= 15 is 0 Å². The Labute approximate surface area is 86.6 Å². The summed E-state index contributed by atoms with van der Waals surface area (Å²) in [6, 6.07) is 0.837. The molecule has 0 radical (unpaired) electrons. The molecule has 1 unspecified atom stereocenters. The summed E-state index contributed by atoms with van der Waals surface area (Å²) in [4.78, 5) is 11.4. The van der Waals surface area contributed by atoms with E-state index in [1.807, 2.05) is 13.8 Å². The second-order valence-corrected chi connectivity index (χ2v) is 4.41. The highest BCUT2D eigenvalue weighted by Crippen LogP contribution is 2.11. The van der Waals surface area contributed by atoms with Gasteiger partial charge in [0.1, 0.15) is 0 Å². The lowest BCUT2D eigenvalue weighted by Crippen LogP contribution is -2.36. The average molecular weight is 198 g/mol. The maximum absolute atomic E-state index is 11.4. The molecule has 0 aromatic rings. The maximum atomic E-state index is 11.4. The van der Waals surface area contributed by atoms with E-state index in [1.165, 1.54) is 19.3 Å². The van der Waals surface area contributed by atoms with Crippen LogP contribution in [-0.2, 0) is 4.79 Å². The van der Waals surface area contributed by atoms with Gasteiger partial charge in [0.15, 0.2) is 0 Å². The first-order chi connectivity index (χ1) is 6.68. The van der Waals surface area contributed by atoms with Crippen molar-refractivity contribution in [1.82, 2.24) is 10.6 Å². The fourth-order valence-electron chi connectivity index (χ4n) is 1.87. The summed E-state index contributed by atoms with van der Waals surface area (Å²) in [5.41, 5.74) is 0. The molecule has 1 rings (SSSR count). The number of piperidine rings is 1. The molecule has 0 bridgehead atoms. The van der Waals surface area contributed by atoms with Crippen molar-refractivity contribution < 1.29 is 4.79 Å². The summed E-state index contributed by atoms with van der Waals surface area (Å²) < 4.78 is 0. The van der Waals surface area contributed by atoms with Crippen LogP contribution in [0.2, 0.25) is 0 Å². The van der Waals surface area contributed by atoms with E-state index in [9.17, 15) is 4.79 Å². The van der Waals surface area contributed by atoms with Gasteiger partial charge in [0.05, 0.1) is 0 Å². The molecule has 0 spiro atoms. The van der Waals surface area contributed by atoms with Gasteiger partial charge in [-0.3, -0.25) is 4.79 Å². The number of hydrogen-bond donors (Lipinski definition) is 2. The van der Waals surface area contributed by atoms with E-state index in [0.29, 0.717) is 12.5 Å². The Morgan fingerprint density at radius 2 is 2.29 bits per heavy atom. The van der Waals surface area contributed by atoms with Crippen molar-refractivity contribution in [2.75, 3.05) is 6.54 Å². The van der Waals surface area contributed by atoms with Crippen LogP contribution in [0.25, 0.3) is 0 Å². The Hall–Kier alpha value is -0.570. The molecule has 3 heteroatoms. The van der Waals surface area contributed by atoms with Crippen molar-refractivity contribution in [3.8, 4) is 0 Å². The van der Waals surface area contributed by atoms with Crippen molar-refractivity contribution in [3.05, 3.63) is 0 Å². The highest BCUT2D eigenvalue weighted by Gasteiger charge is 2.13. The molecule has 0 aliphatic carbocycles. The lowest BCUT2D eigenvalue weighted by molar-refractivity contribution is -0.121. The summed E-state index contributed by atoms with van der Waals surface area (Å²) in [6.07, 6.45) is 5.47. The van der Waals surface area contributed by atoms with Crippen LogP contribution >= 0.6 is 0 Å². The summed E-state index contributed by atoms with van der Waals surface area (Å²) in [5, 5.41) is 6.36. The monoisotopic (exact) mass is 198 g/mol. The van der Waals surface area contributed by atoms with Crippen LogP contribution in [0.15, 0.2) is 0 Å². The van der Waals surface area contributed by atoms with Crippen molar-refractivity contribution in [2.24, 2.45) is 0 Å². The van der Waals surface area contributed by atoms with Crippen molar-refractivity contribution in [2.45, 2.75) is 58.0 Å². The van der Waals surface area contributed by atoms with Gasteiger partial charge in [-0.1, -0.05) is 6.42 Å². The minimum absolute atomic E-state index is 0.187. The summed E-state index contributed by atoms with van der Waals surface area (Å²) in [5.74, 6) is 0.187. The molecule has 1 heterocycles. The largest absolute Gasteiger partial charge is 0.354 e. The minimum atomic E-state index is 0.187. The first kappa shape index (κ1) is 11.5. The Balaban J connectivity index is 2.09. The third-order valence-electron chi connectivity index (χ3n) is 2.58. The molecule has 3 nitrogen and oxygen atoms in total. The molecular weight excluding hydrogens is 176 g/mol. The highest BCUT2D eigenvalue weighted by molar-refractivity contribution is 5.76. The van der Waals surface area contributed by atoms with Crippen LogP contribution in [0.1, 0.15) is 46.0 Å². The van der Waals surface area contributed by atoms with Gasteiger partial charge in [0.25, 0.3) is 0 Å². The van der Waals surface area contributed by atoms with Crippen LogP contribution in [0.4, 0.5) is 0 Å². The Morgan fingerprint density at radius 1 is 1.50 bits per heavy atom. The molecule has 82 valence electrons. The lowest BCUT2D eigenvalue weighted by atomic mass is 10.0. The zero-order valence-electron chi connectivity index (χ0n) is 9.31. The van der Waals surface area contributed by atoms with E-state index in [0.717, 1.165) is 13.0 Å². The Bertz CT molecular complexity index is 174. The molecule has 1 aliphatic rings. The predicted molar refractivity (Wildman–Crippen MR) is 58.2 cm³/mol. The molecule has 1 atom stereocenters. The van der Waals surface area contributed by atoms with Gasteiger partial charge in [0.2, 0.25) is 5.91 Å². The van der Waals surface area contributed by atoms with Gasteiger partial charge in [-0.05, 0) is 39.7 Å². The van der Waals surface area contributed by atoms with Gasteiger partial charge in [0, 0.05) is 18.5 Å². The summed E-state index contributed by atoms with van der Waals surface area (Å²) >= 11 is 0. The third kappa shape index (κ3) is 4.61. The number of amides is 1. The molecule has 0 aromatic heterocycles. The third-order valence-corrected chi connectivity index (χ3v) is 2.58. The topological polar surface area (TPSA) is 41.1 Å². The summed E-state index contributed by atoms with van der Waals surface area (Å²) in [7, 11) is 0. The molecule has 14 heavy (non-hydrogen) atoms. The van der Waals surface area contributed by atoms with Crippen LogP contribution < -0.4 is 10.6 Å². The van der Waals surface area contributed by atoms with Crippen LogP contribution in [0.3, 0.4) is 0 Å². The molecule has 2 N–H and O–H groups in total. The van der Waals surface area contributed by atoms with Gasteiger partial charge in [-0.15, -0.1) is 0 Å². The van der Waals surface area contributed by atoms with Crippen molar-refractivity contribution >= 4 is 5.91 Å². The maximum Gasteiger partial charge on any atom is 0.220 e. The van der Waals surface area contributed by atoms with E-state index < -0.39 is 0 Å². The molecule has 1 fully saturated rings. The second kappa shape index (κ2) is 6.02. The number of rotatable bonds is 4. The number of nitrogens with one attached hydrogen (secondary N) is 2. The fourth-order valence-corrected chi connectivity index (χ4v) is 1.87. The average Bonchev–Trinajstić information content (AvgIpc) is 2.15. The number of hydrogen-bond acceptors (Lipinski definition) is 2. The minimum Gasteiger partial charge on any atom is -0.354 e. The molecule has 1 aliphatic heterocycles. The van der Waals surface area contributed by atoms with Crippen molar-refractivity contribution in [3.63, 3.8) is 0 Å². The smallest absolute Gasteiger partial charge is 0.220 e. The van der Waals surface area contributed by atoms with E-state index in [-0.39, 0.29) is 11.9 Å². The van der Waals surface area contributed by atoms with Crippen LogP contribution in [0, 0.1) is 0 Å². The zero-order chi connectivity index (χ0) is 10.4. The molecule has 1 amide bonds. The van der Waals surface area contributed by atoms with E-state index in [1.54, 1.807) is 0 Å².